The second kappa shape index (κ2) is 9.43. The molecule has 0 saturated carbocycles. The zero-order valence-corrected chi connectivity index (χ0v) is 16.5. The highest BCUT2D eigenvalue weighted by Gasteiger charge is 2.23. The van der Waals surface area contributed by atoms with E-state index in [2.05, 4.69) is 15.2 Å². The molecular formula is C20H28FN5O2. The van der Waals surface area contributed by atoms with Crippen molar-refractivity contribution >= 4 is 23.0 Å². The molecule has 1 aromatic heterocycles. The van der Waals surface area contributed by atoms with Crippen LogP contribution in [0, 0.1) is 5.82 Å². The smallest absolute Gasteiger partial charge is 0.409 e. The molecule has 1 aliphatic rings. The summed E-state index contributed by atoms with van der Waals surface area (Å²) in [5, 5.41) is 4.36. The zero-order valence-electron chi connectivity index (χ0n) is 16.5. The molecule has 1 amide bonds. The number of rotatable bonds is 5. The number of piperazine rings is 1. The van der Waals surface area contributed by atoms with Crippen molar-refractivity contribution < 1.29 is 13.9 Å². The van der Waals surface area contributed by atoms with Gasteiger partial charge in [0.2, 0.25) is 0 Å². The highest BCUT2D eigenvalue weighted by atomic mass is 19.1. The number of benzene rings is 1. The molecule has 2 heterocycles. The Morgan fingerprint density at radius 2 is 2.00 bits per heavy atom. The minimum Gasteiger partial charge on any atom is -0.450 e. The molecule has 0 unspecified atom stereocenters. The largest absolute Gasteiger partial charge is 0.450 e. The van der Waals surface area contributed by atoms with E-state index < -0.39 is 0 Å². The Bertz CT molecular complexity index is 827. The van der Waals surface area contributed by atoms with Crippen LogP contribution in [0.4, 0.5) is 9.18 Å². The number of carbonyl (C=O) groups is 1. The quantitative estimate of drug-likeness (QED) is 0.609. The number of halogens is 1. The van der Waals surface area contributed by atoms with E-state index in [1.54, 1.807) is 11.0 Å². The summed E-state index contributed by atoms with van der Waals surface area (Å²) in [5.41, 5.74) is 1.93. The molecule has 3 rings (SSSR count). The van der Waals surface area contributed by atoms with E-state index in [1.807, 2.05) is 20.0 Å². The van der Waals surface area contributed by atoms with Gasteiger partial charge in [-0.25, -0.2) is 9.18 Å². The fourth-order valence-corrected chi connectivity index (χ4v) is 3.39. The number of hydrogen-bond acceptors (Lipinski definition) is 3. The predicted octanol–water partition coefficient (Wildman–Crippen LogP) is 2.59. The highest BCUT2D eigenvalue weighted by Crippen LogP contribution is 2.19. The molecule has 1 fully saturated rings. The second-order valence-corrected chi connectivity index (χ2v) is 6.66. The molecule has 0 atom stereocenters. The molecule has 1 saturated heterocycles. The van der Waals surface area contributed by atoms with Gasteiger partial charge in [0.15, 0.2) is 5.96 Å². The summed E-state index contributed by atoms with van der Waals surface area (Å²) < 4.78 is 18.4. The SMILES string of the molecule is CCNC(=NCCc1c[nH]c2cc(F)ccc12)N1CCN(C(=O)OCC)CC1. The lowest BCUT2D eigenvalue weighted by molar-refractivity contribution is 0.0914. The van der Waals surface area contributed by atoms with Crippen molar-refractivity contribution in [1.82, 2.24) is 20.1 Å². The molecular weight excluding hydrogens is 361 g/mol. The Morgan fingerprint density at radius 1 is 1.25 bits per heavy atom. The molecule has 0 spiro atoms. The molecule has 0 bridgehead atoms. The standard InChI is InChI=1S/C20H28FN5O2/c1-3-22-19(25-9-11-26(12-10-25)20(27)28-4-2)23-8-7-15-14-24-18-13-16(21)5-6-17(15)18/h5-6,13-14,24H,3-4,7-12H2,1-2H3,(H,22,23). The van der Waals surface area contributed by atoms with Gasteiger partial charge >= 0.3 is 6.09 Å². The van der Waals surface area contributed by atoms with Crippen LogP contribution < -0.4 is 5.32 Å². The monoisotopic (exact) mass is 389 g/mol. The first-order chi connectivity index (χ1) is 13.6. The summed E-state index contributed by atoms with van der Waals surface area (Å²) in [5.74, 6) is 0.618. The maximum Gasteiger partial charge on any atom is 0.409 e. The first-order valence-corrected chi connectivity index (χ1v) is 9.82. The highest BCUT2D eigenvalue weighted by molar-refractivity contribution is 5.83. The number of ether oxygens (including phenoxy) is 1. The lowest BCUT2D eigenvalue weighted by atomic mass is 10.1. The predicted molar refractivity (Wildman–Crippen MR) is 108 cm³/mol. The van der Waals surface area contributed by atoms with E-state index in [-0.39, 0.29) is 11.9 Å². The maximum atomic E-state index is 13.3. The van der Waals surface area contributed by atoms with Gasteiger partial charge in [-0.1, -0.05) is 0 Å². The van der Waals surface area contributed by atoms with Gasteiger partial charge in [0.05, 0.1) is 6.61 Å². The van der Waals surface area contributed by atoms with Gasteiger partial charge in [0.1, 0.15) is 5.82 Å². The third-order valence-electron chi connectivity index (χ3n) is 4.81. The molecule has 0 aliphatic carbocycles. The number of aliphatic imine (C=N–C) groups is 1. The molecule has 152 valence electrons. The number of fused-ring (bicyclic) bond motifs is 1. The maximum absolute atomic E-state index is 13.3. The van der Waals surface area contributed by atoms with Crippen molar-refractivity contribution in [2.75, 3.05) is 45.9 Å². The van der Waals surface area contributed by atoms with Gasteiger partial charge in [-0.15, -0.1) is 0 Å². The van der Waals surface area contributed by atoms with Crippen molar-refractivity contribution in [3.63, 3.8) is 0 Å². The molecule has 7 nitrogen and oxygen atoms in total. The van der Waals surface area contributed by atoms with Crippen molar-refractivity contribution in [1.29, 1.82) is 0 Å². The second-order valence-electron chi connectivity index (χ2n) is 6.66. The van der Waals surface area contributed by atoms with E-state index in [4.69, 9.17) is 9.73 Å². The van der Waals surface area contributed by atoms with Crippen molar-refractivity contribution in [3.05, 3.63) is 35.8 Å². The van der Waals surface area contributed by atoms with Crippen LogP contribution in [0.3, 0.4) is 0 Å². The van der Waals surface area contributed by atoms with Gasteiger partial charge in [0.25, 0.3) is 0 Å². The topological polar surface area (TPSA) is 73.0 Å². The average Bonchev–Trinajstić information content (AvgIpc) is 3.09. The Kier molecular flexibility index (Phi) is 6.73. The van der Waals surface area contributed by atoms with Crippen molar-refractivity contribution in [2.24, 2.45) is 4.99 Å². The lowest BCUT2D eigenvalue weighted by Crippen LogP contribution is -2.54. The number of amides is 1. The van der Waals surface area contributed by atoms with Crippen LogP contribution in [0.2, 0.25) is 0 Å². The first kappa shape index (κ1) is 20.0. The Morgan fingerprint density at radius 3 is 2.71 bits per heavy atom. The minimum absolute atomic E-state index is 0.240. The number of aromatic nitrogens is 1. The molecule has 0 radical (unpaired) electrons. The fraction of sp³-hybridized carbons (Fsp3) is 0.500. The first-order valence-electron chi connectivity index (χ1n) is 9.82. The van der Waals surface area contributed by atoms with Gasteiger partial charge in [-0.2, -0.15) is 0 Å². The summed E-state index contributed by atoms with van der Waals surface area (Å²) in [6, 6.07) is 4.80. The summed E-state index contributed by atoms with van der Waals surface area (Å²) in [6.07, 6.45) is 2.44. The van der Waals surface area contributed by atoms with Crippen molar-refractivity contribution in [2.45, 2.75) is 20.3 Å². The van der Waals surface area contributed by atoms with Crippen molar-refractivity contribution in [3.8, 4) is 0 Å². The molecule has 2 N–H and O–H groups in total. The van der Waals surface area contributed by atoms with Crippen LogP contribution in [0.1, 0.15) is 19.4 Å². The lowest BCUT2D eigenvalue weighted by Gasteiger charge is -2.35. The Labute approximate surface area is 164 Å². The summed E-state index contributed by atoms with van der Waals surface area (Å²) in [4.78, 5) is 23.6. The van der Waals surface area contributed by atoms with Gasteiger partial charge in [-0.05, 0) is 44.0 Å². The van der Waals surface area contributed by atoms with Crippen LogP contribution in [0.15, 0.2) is 29.4 Å². The normalized spacial score (nSPS) is 15.2. The number of hydrogen-bond donors (Lipinski definition) is 2. The number of guanidine groups is 1. The van der Waals surface area contributed by atoms with Crippen LogP contribution >= 0.6 is 0 Å². The number of nitrogens with zero attached hydrogens (tertiary/aromatic N) is 3. The molecule has 1 aliphatic heterocycles. The summed E-state index contributed by atoms with van der Waals surface area (Å²) in [6.45, 7) is 8.34. The minimum atomic E-state index is -0.250. The number of aromatic amines is 1. The molecule has 2 aromatic rings. The number of nitrogens with one attached hydrogen (secondary N) is 2. The molecule has 8 heteroatoms. The van der Waals surface area contributed by atoms with E-state index in [9.17, 15) is 9.18 Å². The zero-order chi connectivity index (χ0) is 19.9. The van der Waals surface area contributed by atoms with E-state index in [0.29, 0.717) is 26.2 Å². The van der Waals surface area contributed by atoms with E-state index in [0.717, 1.165) is 48.5 Å². The fourth-order valence-electron chi connectivity index (χ4n) is 3.39. The molecule has 28 heavy (non-hydrogen) atoms. The van der Waals surface area contributed by atoms with Crippen LogP contribution in [-0.2, 0) is 11.2 Å². The Balaban J connectivity index is 1.59. The number of H-pyrrole nitrogens is 1. The van der Waals surface area contributed by atoms with E-state index >= 15 is 0 Å². The number of carbonyl (C=O) groups excluding carboxylic acids is 1. The third-order valence-corrected chi connectivity index (χ3v) is 4.81. The van der Waals surface area contributed by atoms with Crippen LogP contribution in [-0.4, -0.2) is 72.7 Å². The van der Waals surface area contributed by atoms with E-state index in [1.165, 1.54) is 12.1 Å². The van der Waals surface area contributed by atoms with Crippen LogP contribution in [0.5, 0.6) is 0 Å². The molecule has 1 aromatic carbocycles. The van der Waals surface area contributed by atoms with Gasteiger partial charge in [0, 0.05) is 56.4 Å². The summed E-state index contributed by atoms with van der Waals surface area (Å²) >= 11 is 0. The van der Waals surface area contributed by atoms with Gasteiger partial charge < -0.3 is 24.8 Å². The van der Waals surface area contributed by atoms with Crippen LogP contribution in [0.25, 0.3) is 10.9 Å². The summed E-state index contributed by atoms with van der Waals surface area (Å²) in [7, 11) is 0. The third kappa shape index (κ3) is 4.74. The Hall–Kier alpha value is -2.77. The average molecular weight is 389 g/mol. The van der Waals surface area contributed by atoms with Gasteiger partial charge in [-0.3, -0.25) is 4.99 Å².